The van der Waals surface area contributed by atoms with Crippen molar-refractivity contribution in [2.75, 3.05) is 17.7 Å². The summed E-state index contributed by atoms with van der Waals surface area (Å²) in [6.45, 7) is 0. The maximum atomic E-state index is 12.9. The molecule has 1 aromatic heterocycles. The number of nitrogens with one attached hydrogen (secondary N) is 2. The van der Waals surface area contributed by atoms with E-state index in [9.17, 15) is 9.18 Å². The zero-order chi connectivity index (χ0) is 17.6. The molecule has 0 saturated heterocycles. The Morgan fingerprint density at radius 2 is 1.72 bits per heavy atom. The molecule has 5 nitrogen and oxygen atoms in total. The van der Waals surface area contributed by atoms with E-state index < -0.39 is 0 Å². The first kappa shape index (κ1) is 16.4. The van der Waals surface area contributed by atoms with E-state index in [1.165, 1.54) is 24.3 Å². The smallest absolute Gasteiger partial charge is 0.274 e. The lowest BCUT2D eigenvalue weighted by atomic mass is 10.2. The molecular formula is C19H16FN3O2. The molecule has 1 amide bonds. The Morgan fingerprint density at radius 3 is 2.40 bits per heavy atom. The number of hydrogen-bond acceptors (Lipinski definition) is 4. The molecule has 0 saturated carbocycles. The van der Waals surface area contributed by atoms with Gasteiger partial charge in [-0.1, -0.05) is 12.1 Å². The monoisotopic (exact) mass is 337 g/mol. The van der Waals surface area contributed by atoms with Crippen LogP contribution in [0.3, 0.4) is 0 Å². The van der Waals surface area contributed by atoms with Crippen molar-refractivity contribution in [3.8, 4) is 5.75 Å². The molecule has 25 heavy (non-hydrogen) atoms. The Balaban J connectivity index is 1.69. The highest BCUT2D eigenvalue weighted by molar-refractivity contribution is 6.02. The summed E-state index contributed by atoms with van der Waals surface area (Å²) < 4.78 is 18.2. The minimum atomic E-state index is -0.365. The van der Waals surface area contributed by atoms with Crippen molar-refractivity contribution in [3.63, 3.8) is 0 Å². The van der Waals surface area contributed by atoms with Crippen LogP contribution in [0.1, 0.15) is 10.5 Å². The van der Waals surface area contributed by atoms with Crippen LogP contribution < -0.4 is 15.4 Å². The van der Waals surface area contributed by atoms with Crippen molar-refractivity contribution >= 4 is 23.0 Å². The number of nitrogens with zero attached hydrogens (tertiary/aromatic N) is 1. The number of aromatic nitrogens is 1. The summed E-state index contributed by atoms with van der Waals surface area (Å²) in [6, 6.07) is 16.4. The number of rotatable bonds is 5. The lowest BCUT2D eigenvalue weighted by molar-refractivity contribution is 0.102. The van der Waals surface area contributed by atoms with E-state index in [0.29, 0.717) is 11.4 Å². The molecule has 0 aliphatic rings. The fraction of sp³-hybridized carbons (Fsp3) is 0.0526. The summed E-state index contributed by atoms with van der Waals surface area (Å²) in [5.41, 5.74) is 2.29. The van der Waals surface area contributed by atoms with E-state index in [4.69, 9.17) is 4.74 Å². The van der Waals surface area contributed by atoms with Crippen LogP contribution in [0.4, 0.5) is 21.5 Å². The molecule has 0 aliphatic carbocycles. The van der Waals surface area contributed by atoms with E-state index in [2.05, 4.69) is 15.6 Å². The van der Waals surface area contributed by atoms with Crippen molar-refractivity contribution in [2.24, 2.45) is 0 Å². The van der Waals surface area contributed by atoms with E-state index in [0.717, 1.165) is 11.4 Å². The highest BCUT2D eigenvalue weighted by atomic mass is 19.1. The number of ether oxygens (including phenoxy) is 1. The summed E-state index contributed by atoms with van der Waals surface area (Å²) in [7, 11) is 1.60. The largest absolute Gasteiger partial charge is 0.495 e. The zero-order valence-corrected chi connectivity index (χ0v) is 13.5. The fourth-order valence-corrected chi connectivity index (χ4v) is 2.23. The lowest BCUT2D eigenvalue weighted by Gasteiger charge is -2.11. The van der Waals surface area contributed by atoms with Crippen molar-refractivity contribution in [3.05, 3.63) is 78.4 Å². The van der Waals surface area contributed by atoms with E-state index in [-0.39, 0.29) is 17.4 Å². The average Bonchev–Trinajstić information content (AvgIpc) is 2.64. The molecule has 2 N–H and O–H groups in total. The number of carbonyl (C=O) groups is 1. The third-order valence-corrected chi connectivity index (χ3v) is 3.48. The van der Waals surface area contributed by atoms with E-state index in [1.807, 2.05) is 24.3 Å². The summed E-state index contributed by atoms with van der Waals surface area (Å²) in [4.78, 5) is 16.3. The fourth-order valence-electron chi connectivity index (χ4n) is 2.23. The number of halogens is 1. The van der Waals surface area contributed by atoms with Crippen molar-refractivity contribution < 1.29 is 13.9 Å². The van der Waals surface area contributed by atoms with Gasteiger partial charge in [0.15, 0.2) is 0 Å². The second kappa shape index (κ2) is 7.44. The van der Waals surface area contributed by atoms with Gasteiger partial charge in [-0.15, -0.1) is 0 Å². The Kier molecular flexibility index (Phi) is 4.89. The predicted octanol–water partition coefficient (Wildman–Crippen LogP) is 4.23. The SMILES string of the molecule is COc1ccccc1Nc1ccc(C(=O)Nc2ccc(F)cc2)nc1. The quantitative estimate of drug-likeness (QED) is 0.731. The first-order chi connectivity index (χ1) is 12.2. The predicted molar refractivity (Wildman–Crippen MR) is 94.9 cm³/mol. The van der Waals surface area contributed by atoms with Crippen molar-refractivity contribution in [2.45, 2.75) is 0 Å². The summed E-state index contributed by atoms with van der Waals surface area (Å²) >= 11 is 0. The molecule has 2 aromatic carbocycles. The second-order valence-corrected chi connectivity index (χ2v) is 5.22. The van der Waals surface area contributed by atoms with Gasteiger partial charge in [0.2, 0.25) is 0 Å². The van der Waals surface area contributed by atoms with Crippen LogP contribution in [-0.2, 0) is 0 Å². The maximum Gasteiger partial charge on any atom is 0.274 e. The molecule has 0 spiro atoms. The Hall–Kier alpha value is -3.41. The van der Waals surface area contributed by atoms with Crippen LogP contribution in [0.15, 0.2) is 66.9 Å². The van der Waals surface area contributed by atoms with Crippen LogP contribution in [-0.4, -0.2) is 18.0 Å². The second-order valence-electron chi connectivity index (χ2n) is 5.22. The molecule has 0 unspecified atom stereocenters. The number of benzene rings is 2. The van der Waals surface area contributed by atoms with E-state index >= 15 is 0 Å². The van der Waals surface area contributed by atoms with Gasteiger partial charge >= 0.3 is 0 Å². The topological polar surface area (TPSA) is 63.2 Å². The van der Waals surface area contributed by atoms with Gasteiger partial charge in [-0.2, -0.15) is 0 Å². The maximum absolute atomic E-state index is 12.9. The minimum Gasteiger partial charge on any atom is -0.495 e. The Labute approximate surface area is 144 Å². The van der Waals surface area contributed by atoms with Crippen molar-refractivity contribution in [1.29, 1.82) is 0 Å². The average molecular weight is 337 g/mol. The molecule has 0 radical (unpaired) electrons. The molecule has 1 heterocycles. The first-order valence-corrected chi connectivity index (χ1v) is 7.59. The number of carbonyl (C=O) groups excluding carboxylic acids is 1. The van der Waals surface area contributed by atoms with E-state index in [1.54, 1.807) is 25.4 Å². The van der Waals surface area contributed by atoms with Crippen molar-refractivity contribution in [1.82, 2.24) is 4.98 Å². The molecule has 0 bridgehead atoms. The van der Waals surface area contributed by atoms with Gasteiger partial charge in [-0.05, 0) is 48.5 Å². The number of amides is 1. The van der Waals surface area contributed by atoms with Crippen LogP contribution >= 0.6 is 0 Å². The molecular weight excluding hydrogens is 321 g/mol. The van der Waals surface area contributed by atoms with Gasteiger partial charge in [0, 0.05) is 5.69 Å². The van der Waals surface area contributed by atoms with Crippen LogP contribution in [0.5, 0.6) is 5.75 Å². The Bertz CT molecular complexity index is 865. The molecule has 126 valence electrons. The Morgan fingerprint density at radius 1 is 1.00 bits per heavy atom. The van der Waals surface area contributed by atoms with Crippen LogP contribution in [0.25, 0.3) is 0 Å². The van der Waals surface area contributed by atoms with Gasteiger partial charge in [-0.25, -0.2) is 9.37 Å². The third kappa shape index (κ3) is 4.11. The third-order valence-electron chi connectivity index (χ3n) is 3.48. The molecule has 3 rings (SSSR count). The number of para-hydroxylation sites is 2. The first-order valence-electron chi connectivity index (χ1n) is 7.59. The molecule has 3 aromatic rings. The highest BCUT2D eigenvalue weighted by Crippen LogP contribution is 2.26. The zero-order valence-electron chi connectivity index (χ0n) is 13.5. The van der Waals surface area contributed by atoms with Gasteiger partial charge in [-0.3, -0.25) is 4.79 Å². The normalized spacial score (nSPS) is 10.2. The molecule has 0 fully saturated rings. The number of methoxy groups -OCH3 is 1. The summed E-state index contributed by atoms with van der Waals surface area (Å²) in [5.74, 6) is -0.0148. The molecule has 0 aliphatic heterocycles. The summed E-state index contributed by atoms with van der Waals surface area (Å²) in [6.07, 6.45) is 1.56. The highest BCUT2D eigenvalue weighted by Gasteiger charge is 2.08. The lowest BCUT2D eigenvalue weighted by Crippen LogP contribution is -2.13. The van der Waals surface area contributed by atoms with Gasteiger partial charge in [0.1, 0.15) is 17.3 Å². The number of hydrogen-bond donors (Lipinski definition) is 2. The van der Waals surface area contributed by atoms with Gasteiger partial charge in [0.05, 0.1) is 24.7 Å². The van der Waals surface area contributed by atoms with Crippen LogP contribution in [0, 0.1) is 5.82 Å². The standard InChI is InChI=1S/C19H16FN3O2/c1-25-18-5-3-2-4-16(18)22-15-10-11-17(21-12-15)19(24)23-14-8-6-13(20)7-9-14/h2-12,22H,1H3,(H,23,24). The van der Waals surface area contributed by atoms with Gasteiger partial charge in [0.25, 0.3) is 5.91 Å². The molecule has 6 heteroatoms. The van der Waals surface area contributed by atoms with Crippen LogP contribution in [0.2, 0.25) is 0 Å². The number of anilines is 3. The molecule has 0 atom stereocenters. The summed E-state index contributed by atoms with van der Waals surface area (Å²) in [5, 5.41) is 5.85. The number of pyridine rings is 1. The van der Waals surface area contributed by atoms with Gasteiger partial charge < -0.3 is 15.4 Å². The minimum absolute atomic E-state index is 0.259.